The van der Waals surface area contributed by atoms with Crippen LogP contribution in [0.15, 0.2) is 11.6 Å². The van der Waals surface area contributed by atoms with Crippen molar-refractivity contribution in [1.82, 2.24) is 0 Å². The maximum absolute atomic E-state index is 12.8. The number of hydrogen-bond donors (Lipinski definition) is 0. The average molecular weight is 274 g/mol. The molecule has 0 N–H and O–H groups in total. The first-order valence-electron chi connectivity index (χ1n) is 4.07. The van der Waals surface area contributed by atoms with Crippen molar-refractivity contribution in [2.75, 3.05) is 0 Å². The van der Waals surface area contributed by atoms with Gasteiger partial charge in [-0.25, -0.2) is 0 Å². The lowest BCUT2D eigenvalue weighted by Crippen LogP contribution is -2.61. The summed E-state index contributed by atoms with van der Waals surface area (Å²) >= 11 is 0. The van der Waals surface area contributed by atoms with E-state index in [4.69, 9.17) is 0 Å². The summed E-state index contributed by atoms with van der Waals surface area (Å²) in [5.74, 6) is -19.0. The summed E-state index contributed by atoms with van der Waals surface area (Å²) in [6, 6.07) is 0. The smallest absolute Gasteiger partial charge is 0.194 e. The number of rotatable bonds is 3. The summed E-state index contributed by atoms with van der Waals surface area (Å²) < 4.78 is 111. The van der Waals surface area contributed by atoms with Crippen molar-refractivity contribution < 1.29 is 39.5 Å². The summed E-state index contributed by atoms with van der Waals surface area (Å²) in [5.41, 5.74) is -1.58. The lowest BCUT2D eigenvalue weighted by Gasteiger charge is -2.34. The average Bonchev–Trinajstić information content (AvgIpc) is 2.13. The molecular weight excluding hydrogens is 267 g/mol. The third-order valence-corrected chi connectivity index (χ3v) is 2.07. The van der Waals surface area contributed by atoms with Gasteiger partial charge in [0.05, 0.1) is 0 Å². The summed E-state index contributed by atoms with van der Waals surface area (Å²) in [6.07, 6.45) is -6.44. The molecule has 0 aliphatic carbocycles. The molecule has 0 unspecified atom stereocenters. The van der Waals surface area contributed by atoms with Gasteiger partial charge in [0.15, 0.2) is 0 Å². The summed E-state index contributed by atoms with van der Waals surface area (Å²) in [4.78, 5) is 0. The lowest BCUT2D eigenvalue weighted by molar-refractivity contribution is -0.389. The predicted octanol–water partition coefficient (Wildman–Crippen LogP) is 4.42. The molecule has 0 radical (unpaired) electrons. The van der Waals surface area contributed by atoms with Gasteiger partial charge in [-0.1, -0.05) is 6.08 Å². The van der Waals surface area contributed by atoms with Gasteiger partial charge in [-0.2, -0.15) is 39.5 Å². The molecule has 102 valence electrons. The monoisotopic (exact) mass is 274 g/mol. The molecule has 0 spiro atoms. The van der Waals surface area contributed by atoms with Gasteiger partial charge in [-0.05, 0) is 19.4 Å². The van der Waals surface area contributed by atoms with Gasteiger partial charge >= 0.3 is 23.9 Å². The van der Waals surface area contributed by atoms with E-state index in [1.807, 2.05) is 0 Å². The summed E-state index contributed by atoms with van der Waals surface area (Å²) in [7, 11) is 0. The minimum Gasteiger partial charge on any atom is -0.194 e. The topological polar surface area (TPSA) is 0 Å². The molecule has 0 atom stereocenters. The number of alkyl halides is 9. The van der Waals surface area contributed by atoms with Gasteiger partial charge in [0.1, 0.15) is 0 Å². The second-order valence-corrected chi connectivity index (χ2v) is 3.19. The van der Waals surface area contributed by atoms with Crippen LogP contribution in [-0.4, -0.2) is 23.9 Å². The molecule has 0 aliphatic rings. The third-order valence-electron chi connectivity index (χ3n) is 2.07. The highest BCUT2D eigenvalue weighted by Gasteiger charge is 2.81. The lowest BCUT2D eigenvalue weighted by atomic mass is 9.97. The van der Waals surface area contributed by atoms with Crippen LogP contribution in [0, 0.1) is 0 Å². The van der Waals surface area contributed by atoms with Crippen molar-refractivity contribution in [3.63, 3.8) is 0 Å². The maximum atomic E-state index is 12.8. The van der Waals surface area contributed by atoms with Crippen molar-refractivity contribution in [3.05, 3.63) is 11.6 Å². The second-order valence-electron chi connectivity index (χ2n) is 3.19. The molecule has 0 amide bonds. The fraction of sp³-hybridized carbons (Fsp3) is 0.750. The highest BCUT2D eigenvalue weighted by Crippen LogP contribution is 2.54. The SMILES string of the molecule is CC=C(C)C(F)(F)C(F)(F)C(F)(F)C(F)(F)F. The summed E-state index contributed by atoms with van der Waals surface area (Å²) in [5, 5.41) is 0. The van der Waals surface area contributed by atoms with Crippen LogP contribution in [0.3, 0.4) is 0 Å². The maximum Gasteiger partial charge on any atom is 0.460 e. The largest absolute Gasteiger partial charge is 0.460 e. The van der Waals surface area contributed by atoms with Gasteiger partial charge in [-0.3, -0.25) is 0 Å². The number of hydrogen-bond acceptors (Lipinski definition) is 0. The minimum atomic E-state index is -6.83. The molecule has 0 saturated heterocycles. The van der Waals surface area contributed by atoms with Crippen LogP contribution < -0.4 is 0 Å². The molecule has 0 nitrogen and oxygen atoms in total. The molecule has 0 aromatic heterocycles. The van der Waals surface area contributed by atoms with Crippen LogP contribution in [0.4, 0.5) is 39.5 Å². The molecular formula is C8H7F9. The normalized spacial score (nSPS) is 16.3. The highest BCUT2D eigenvalue weighted by molar-refractivity contribution is 5.18. The van der Waals surface area contributed by atoms with Crippen molar-refractivity contribution in [2.45, 2.75) is 37.8 Å². The van der Waals surface area contributed by atoms with Gasteiger partial charge < -0.3 is 0 Å². The Morgan fingerprint density at radius 2 is 1.12 bits per heavy atom. The highest BCUT2D eigenvalue weighted by atomic mass is 19.4. The Kier molecular flexibility index (Phi) is 3.88. The molecule has 0 fully saturated rings. The van der Waals surface area contributed by atoms with E-state index < -0.39 is 29.5 Å². The Morgan fingerprint density at radius 3 is 1.35 bits per heavy atom. The van der Waals surface area contributed by atoms with E-state index >= 15 is 0 Å². The minimum absolute atomic E-state index is 0.334. The zero-order valence-corrected chi connectivity index (χ0v) is 8.48. The van der Waals surface area contributed by atoms with Crippen LogP contribution >= 0.6 is 0 Å². The van der Waals surface area contributed by atoms with Crippen molar-refractivity contribution in [2.24, 2.45) is 0 Å². The van der Waals surface area contributed by atoms with E-state index in [9.17, 15) is 39.5 Å². The van der Waals surface area contributed by atoms with Crippen LogP contribution in [0.25, 0.3) is 0 Å². The molecule has 0 aromatic rings. The van der Waals surface area contributed by atoms with Crippen molar-refractivity contribution in [3.8, 4) is 0 Å². The first-order valence-corrected chi connectivity index (χ1v) is 4.07. The van der Waals surface area contributed by atoms with Crippen LogP contribution in [0.5, 0.6) is 0 Å². The van der Waals surface area contributed by atoms with Crippen LogP contribution in [-0.2, 0) is 0 Å². The van der Waals surface area contributed by atoms with E-state index in [0.29, 0.717) is 13.0 Å². The quantitative estimate of drug-likeness (QED) is 0.528. The van der Waals surface area contributed by atoms with E-state index in [1.54, 1.807) is 0 Å². The predicted molar refractivity (Wildman–Crippen MR) is 40.3 cm³/mol. The Morgan fingerprint density at radius 1 is 0.765 bits per heavy atom. The fourth-order valence-electron chi connectivity index (χ4n) is 0.804. The molecule has 0 saturated carbocycles. The fourth-order valence-corrected chi connectivity index (χ4v) is 0.804. The molecule has 0 aromatic carbocycles. The number of allylic oxidation sites excluding steroid dienone is 2. The van der Waals surface area contributed by atoms with Gasteiger partial charge in [0.2, 0.25) is 0 Å². The number of halogens is 9. The first kappa shape index (κ1) is 16.1. The van der Waals surface area contributed by atoms with E-state index in [2.05, 4.69) is 0 Å². The zero-order chi connectivity index (χ0) is 14.3. The van der Waals surface area contributed by atoms with Gasteiger partial charge in [0.25, 0.3) is 0 Å². The molecule has 0 bridgehead atoms. The van der Waals surface area contributed by atoms with E-state index in [0.717, 1.165) is 6.92 Å². The van der Waals surface area contributed by atoms with Crippen molar-refractivity contribution in [1.29, 1.82) is 0 Å². The van der Waals surface area contributed by atoms with Gasteiger partial charge in [-0.15, -0.1) is 0 Å². The molecule has 0 rings (SSSR count). The van der Waals surface area contributed by atoms with Crippen molar-refractivity contribution >= 4 is 0 Å². The summed E-state index contributed by atoms with van der Waals surface area (Å²) in [6.45, 7) is 1.14. The third kappa shape index (κ3) is 2.23. The molecule has 0 aliphatic heterocycles. The Labute approximate surface area is 90.1 Å². The molecule has 17 heavy (non-hydrogen) atoms. The Bertz CT molecular complexity index is 309. The first-order chi connectivity index (χ1) is 7.23. The van der Waals surface area contributed by atoms with Gasteiger partial charge in [0, 0.05) is 0 Å². The van der Waals surface area contributed by atoms with Crippen LogP contribution in [0.2, 0.25) is 0 Å². The van der Waals surface area contributed by atoms with Crippen LogP contribution in [0.1, 0.15) is 13.8 Å². The Balaban J connectivity index is 5.72. The second kappa shape index (κ2) is 4.09. The Hall–Kier alpha value is -0.890. The van der Waals surface area contributed by atoms with E-state index in [1.165, 1.54) is 0 Å². The van der Waals surface area contributed by atoms with E-state index in [-0.39, 0.29) is 0 Å². The standard InChI is InChI=1S/C8H7F9/c1-3-4(2)5(9,10)6(11,12)7(13,14)8(15,16)17/h3H,1-2H3. The zero-order valence-electron chi connectivity index (χ0n) is 8.48. The molecule has 9 heteroatoms. The molecule has 0 heterocycles.